The molecule has 2 aromatic carbocycles. The van der Waals surface area contributed by atoms with Crippen molar-refractivity contribution in [1.82, 2.24) is 0 Å². The molecule has 0 aliphatic heterocycles. The quantitative estimate of drug-likeness (QED) is 0.407. The lowest BCUT2D eigenvalue weighted by atomic mass is 10.0. The second-order valence-electron chi connectivity index (χ2n) is 3.77. The molecule has 0 heterocycles. The molecule has 0 spiro atoms. The number of rotatable bonds is 3. The lowest BCUT2D eigenvalue weighted by molar-refractivity contribution is 0.106. The molecule has 0 bridgehead atoms. The molecule has 2 N–H and O–H groups in total. The van der Waals surface area contributed by atoms with Gasteiger partial charge in [0, 0.05) is 11.1 Å². The van der Waals surface area contributed by atoms with Gasteiger partial charge in [-0.2, -0.15) is 5.10 Å². The second-order valence-corrected chi connectivity index (χ2v) is 4.58. The highest BCUT2D eigenvalue weighted by molar-refractivity contribution is 6.55. The summed E-state index contributed by atoms with van der Waals surface area (Å²) in [5, 5.41) is 4.32. The van der Waals surface area contributed by atoms with Crippen molar-refractivity contribution in [2.75, 3.05) is 0 Å². The molecule has 0 saturated carbocycles. The molecular formula is C14H10Cl2N2O. The van der Waals surface area contributed by atoms with Crippen LogP contribution in [0.4, 0.5) is 0 Å². The number of halogens is 2. The number of carbonyl (C=O) groups excluding carboxylic acids is 1. The fourth-order valence-electron chi connectivity index (χ4n) is 1.68. The number of nitrogens with two attached hydrogens (primary N) is 1. The standard InChI is InChI=1S/C14H10Cl2N2O/c15-11-7-3-1-5-9(11)13(18-17)14(19)10-6-2-4-8-12(10)16/h1-8H,17H2/b18-13-. The maximum atomic E-state index is 12.4. The van der Waals surface area contributed by atoms with Crippen LogP contribution in [0.25, 0.3) is 0 Å². The number of hydrogen-bond donors (Lipinski definition) is 1. The minimum atomic E-state index is -0.360. The van der Waals surface area contributed by atoms with Gasteiger partial charge in [-0.15, -0.1) is 0 Å². The van der Waals surface area contributed by atoms with Gasteiger partial charge in [0.2, 0.25) is 5.78 Å². The van der Waals surface area contributed by atoms with Gasteiger partial charge >= 0.3 is 0 Å². The minimum Gasteiger partial charge on any atom is -0.323 e. The van der Waals surface area contributed by atoms with Gasteiger partial charge in [-0.25, -0.2) is 0 Å². The van der Waals surface area contributed by atoms with E-state index in [0.29, 0.717) is 21.2 Å². The van der Waals surface area contributed by atoms with E-state index in [1.165, 1.54) is 0 Å². The van der Waals surface area contributed by atoms with Crippen molar-refractivity contribution in [1.29, 1.82) is 0 Å². The summed E-state index contributed by atoms with van der Waals surface area (Å²) in [5.74, 6) is 4.97. The van der Waals surface area contributed by atoms with Gasteiger partial charge in [0.25, 0.3) is 0 Å². The molecule has 5 heteroatoms. The third-order valence-electron chi connectivity index (χ3n) is 2.59. The fraction of sp³-hybridized carbons (Fsp3) is 0. The van der Waals surface area contributed by atoms with Crippen LogP contribution in [0.15, 0.2) is 53.6 Å². The van der Waals surface area contributed by atoms with E-state index in [4.69, 9.17) is 29.0 Å². The Morgan fingerprint density at radius 1 is 0.895 bits per heavy atom. The first kappa shape index (κ1) is 13.6. The Hall–Kier alpha value is -1.84. The number of ketones is 1. The molecule has 0 atom stereocenters. The molecule has 2 aromatic rings. The summed E-state index contributed by atoms with van der Waals surface area (Å²) < 4.78 is 0. The topological polar surface area (TPSA) is 55.4 Å². The van der Waals surface area contributed by atoms with Gasteiger partial charge in [-0.05, 0) is 18.2 Å². The van der Waals surface area contributed by atoms with E-state index >= 15 is 0 Å². The van der Waals surface area contributed by atoms with E-state index in [-0.39, 0.29) is 11.5 Å². The zero-order chi connectivity index (χ0) is 13.8. The number of benzene rings is 2. The number of Topliss-reactive ketones (excluding diaryl/α,β-unsaturated/α-hetero) is 1. The summed E-state index contributed by atoms with van der Waals surface area (Å²) in [4.78, 5) is 12.4. The van der Waals surface area contributed by atoms with Crippen LogP contribution >= 0.6 is 23.2 Å². The molecule has 0 aliphatic rings. The predicted molar refractivity (Wildman–Crippen MR) is 78.0 cm³/mol. The Labute approximate surface area is 120 Å². The Balaban J connectivity index is 2.48. The van der Waals surface area contributed by atoms with Crippen LogP contribution in [0, 0.1) is 0 Å². The molecule has 0 amide bonds. The zero-order valence-corrected chi connectivity index (χ0v) is 11.3. The van der Waals surface area contributed by atoms with Crippen molar-refractivity contribution in [2.24, 2.45) is 10.9 Å². The van der Waals surface area contributed by atoms with E-state index in [1.54, 1.807) is 48.5 Å². The summed E-state index contributed by atoms with van der Waals surface area (Å²) in [6.45, 7) is 0. The highest BCUT2D eigenvalue weighted by Gasteiger charge is 2.20. The molecule has 0 saturated heterocycles. The van der Waals surface area contributed by atoms with Gasteiger partial charge in [0.05, 0.1) is 10.0 Å². The van der Waals surface area contributed by atoms with Gasteiger partial charge in [-0.1, -0.05) is 53.5 Å². The second kappa shape index (κ2) is 5.87. The number of carbonyl (C=O) groups is 1. The van der Waals surface area contributed by atoms with Gasteiger partial charge in [0.1, 0.15) is 5.71 Å². The first-order chi connectivity index (χ1) is 9.15. The normalized spacial score (nSPS) is 11.4. The van der Waals surface area contributed by atoms with Crippen molar-refractivity contribution in [3.05, 3.63) is 69.7 Å². The van der Waals surface area contributed by atoms with Crippen molar-refractivity contribution in [3.8, 4) is 0 Å². The molecule has 2 rings (SSSR count). The third-order valence-corrected chi connectivity index (χ3v) is 3.25. The van der Waals surface area contributed by atoms with Crippen LogP contribution in [-0.2, 0) is 0 Å². The summed E-state index contributed by atoms with van der Waals surface area (Å²) in [6, 6.07) is 13.6. The molecule has 0 aromatic heterocycles. The summed E-state index contributed by atoms with van der Waals surface area (Å²) in [7, 11) is 0. The Morgan fingerprint density at radius 2 is 1.37 bits per heavy atom. The Morgan fingerprint density at radius 3 is 1.84 bits per heavy atom. The Bertz CT molecular complexity index is 653. The van der Waals surface area contributed by atoms with Gasteiger partial charge in [-0.3, -0.25) is 4.79 Å². The average Bonchev–Trinajstić information content (AvgIpc) is 2.42. The van der Waals surface area contributed by atoms with Gasteiger partial charge < -0.3 is 5.84 Å². The molecule has 0 radical (unpaired) electrons. The predicted octanol–water partition coefficient (Wildman–Crippen LogP) is 3.54. The molecule has 3 nitrogen and oxygen atoms in total. The Kier molecular flexibility index (Phi) is 4.20. The summed E-state index contributed by atoms with van der Waals surface area (Å²) in [6.07, 6.45) is 0. The minimum absolute atomic E-state index is 0.0821. The molecule has 19 heavy (non-hydrogen) atoms. The van der Waals surface area contributed by atoms with E-state index in [0.717, 1.165) is 0 Å². The van der Waals surface area contributed by atoms with Crippen LogP contribution in [0.1, 0.15) is 15.9 Å². The van der Waals surface area contributed by atoms with Crippen LogP contribution in [-0.4, -0.2) is 11.5 Å². The summed E-state index contributed by atoms with van der Waals surface area (Å²) >= 11 is 12.0. The lowest BCUT2D eigenvalue weighted by Gasteiger charge is -2.07. The zero-order valence-electron chi connectivity index (χ0n) is 9.81. The van der Waals surface area contributed by atoms with Crippen molar-refractivity contribution in [3.63, 3.8) is 0 Å². The lowest BCUT2D eigenvalue weighted by Crippen LogP contribution is -2.18. The third kappa shape index (κ3) is 2.78. The number of hydrogen-bond acceptors (Lipinski definition) is 3. The maximum absolute atomic E-state index is 12.4. The van der Waals surface area contributed by atoms with Crippen molar-refractivity contribution >= 4 is 34.7 Å². The molecule has 0 aliphatic carbocycles. The van der Waals surface area contributed by atoms with E-state index in [1.807, 2.05) is 0 Å². The monoisotopic (exact) mass is 292 g/mol. The average molecular weight is 293 g/mol. The fourth-order valence-corrected chi connectivity index (χ4v) is 2.12. The van der Waals surface area contributed by atoms with Gasteiger partial charge in [0.15, 0.2) is 0 Å². The molecule has 0 fully saturated rings. The van der Waals surface area contributed by atoms with Crippen LogP contribution < -0.4 is 5.84 Å². The number of hydrazone groups is 1. The van der Waals surface area contributed by atoms with E-state index < -0.39 is 0 Å². The SMILES string of the molecule is N/N=C(\C(=O)c1ccccc1Cl)c1ccccc1Cl. The first-order valence-corrected chi connectivity index (χ1v) is 6.22. The molecular weight excluding hydrogens is 283 g/mol. The smallest absolute Gasteiger partial charge is 0.215 e. The highest BCUT2D eigenvalue weighted by Crippen LogP contribution is 2.21. The van der Waals surface area contributed by atoms with E-state index in [2.05, 4.69) is 5.10 Å². The van der Waals surface area contributed by atoms with Crippen molar-refractivity contribution in [2.45, 2.75) is 0 Å². The van der Waals surface area contributed by atoms with E-state index in [9.17, 15) is 4.79 Å². The highest BCUT2D eigenvalue weighted by atomic mass is 35.5. The number of nitrogens with zero attached hydrogens (tertiary/aromatic N) is 1. The van der Waals surface area contributed by atoms with Crippen molar-refractivity contribution < 1.29 is 4.79 Å². The van der Waals surface area contributed by atoms with Crippen LogP contribution in [0.5, 0.6) is 0 Å². The molecule has 96 valence electrons. The van der Waals surface area contributed by atoms with Crippen LogP contribution in [0.2, 0.25) is 10.0 Å². The first-order valence-electron chi connectivity index (χ1n) is 5.47. The summed E-state index contributed by atoms with van der Waals surface area (Å²) in [5.41, 5.74) is 0.906. The molecule has 0 unspecified atom stereocenters. The largest absolute Gasteiger partial charge is 0.323 e. The van der Waals surface area contributed by atoms with Crippen LogP contribution in [0.3, 0.4) is 0 Å². The maximum Gasteiger partial charge on any atom is 0.215 e.